The zero-order valence-electron chi connectivity index (χ0n) is 16.9. The number of hydrogen-bond donors (Lipinski definition) is 0. The third-order valence-corrected chi connectivity index (χ3v) is 4.75. The maximum absolute atomic E-state index is 3.58. The minimum absolute atomic E-state index is 0.209. The lowest BCUT2D eigenvalue weighted by Gasteiger charge is -2.30. The SMILES string of the molecule is CC(C)CC(C#Cc1ccccc1)N(Cc1ccccc1)Cc1ccccc1. The van der Waals surface area contributed by atoms with E-state index in [9.17, 15) is 0 Å². The highest BCUT2D eigenvalue weighted by molar-refractivity contribution is 5.35. The van der Waals surface area contributed by atoms with Gasteiger partial charge in [0, 0.05) is 18.7 Å². The molecular formula is C27H29N. The van der Waals surface area contributed by atoms with E-state index < -0.39 is 0 Å². The third kappa shape index (κ3) is 6.41. The van der Waals surface area contributed by atoms with Crippen LogP contribution in [-0.2, 0) is 13.1 Å². The van der Waals surface area contributed by atoms with Crippen molar-refractivity contribution in [1.82, 2.24) is 4.90 Å². The van der Waals surface area contributed by atoms with Crippen molar-refractivity contribution in [3.63, 3.8) is 0 Å². The Kier molecular flexibility index (Phi) is 7.47. The van der Waals surface area contributed by atoms with Gasteiger partial charge in [0.2, 0.25) is 0 Å². The van der Waals surface area contributed by atoms with Crippen molar-refractivity contribution in [2.24, 2.45) is 5.92 Å². The quantitative estimate of drug-likeness (QED) is 0.452. The van der Waals surface area contributed by atoms with Crippen molar-refractivity contribution in [3.8, 4) is 11.8 Å². The summed E-state index contributed by atoms with van der Waals surface area (Å²) >= 11 is 0. The summed E-state index contributed by atoms with van der Waals surface area (Å²) in [5.41, 5.74) is 3.73. The summed E-state index contributed by atoms with van der Waals surface area (Å²) in [6.45, 7) is 6.36. The van der Waals surface area contributed by atoms with E-state index in [1.165, 1.54) is 11.1 Å². The highest BCUT2D eigenvalue weighted by Gasteiger charge is 2.18. The number of nitrogens with zero attached hydrogens (tertiary/aromatic N) is 1. The van der Waals surface area contributed by atoms with Crippen LogP contribution in [-0.4, -0.2) is 10.9 Å². The predicted octanol–water partition coefficient (Wildman–Crippen LogP) is 6.16. The molecular weight excluding hydrogens is 338 g/mol. The largest absolute Gasteiger partial charge is 0.281 e. The minimum atomic E-state index is 0.209. The van der Waals surface area contributed by atoms with Crippen LogP contribution in [0, 0.1) is 17.8 Å². The Labute approximate surface area is 170 Å². The van der Waals surface area contributed by atoms with Gasteiger partial charge < -0.3 is 0 Å². The van der Waals surface area contributed by atoms with Crippen LogP contribution in [0.3, 0.4) is 0 Å². The summed E-state index contributed by atoms with van der Waals surface area (Å²) in [5.74, 6) is 7.58. The average Bonchev–Trinajstić information content (AvgIpc) is 2.73. The summed E-state index contributed by atoms with van der Waals surface area (Å²) < 4.78 is 0. The van der Waals surface area contributed by atoms with Crippen LogP contribution < -0.4 is 0 Å². The zero-order valence-corrected chi connectivity index (χ0v) is 16.9. The molecule has 0 spiro atoms. The molecule has 142 valence electrons. The van der Waals surface area contributed by atoms with Gasteiger partial charge in [-0.1, -0.05) is 105 Å². The van der Waals surface area contributed by atoms with Crippen molar-refractivity contribution in [3.05, 3.63) is 108 Å². The number of rotatable bonds is 7. The average molecular weight is 368 g/mol. The van der Waals surface area contributed by atoms with Crippen molar-refractivity contribution in [1.29, 1.82) is 0 Å². The molecule has 3 aromatic rings. The molecule has 1 heteroatoms. The standard InChI is InChI=1S/C27H29N/c1-23(2)20-27(19-18-24-12-6-3-7-13-24)28(21-25-14-8-4-9-15-25)22-26-16-10-5-11-17-26/h3-17,23,27H,20-22H2,1-2H3. The molecule has 3 aromatic carbocycles. The van der Waals surface area contributed by atoms with E-state index in [1.54, 1.807) is 0 Å². The molecule has 0 aliphatic carbocycles. The molecule has 1 unspecified atom stereocenters. The molecule has 0 fully saturated rings. The first-order valence-electron chi connectivity index (χ1n) is 10.1. The molecule has 1 atom stereocenters. The second-order valence-corrected chi connectivity index (χ2v) is 7.66. The van der Waals surface area contributed by atoms with Gasteiger partial charge in [0.05, 0.1) is 6.04 Å². The summed E-state index contributed by atoms with van der Waals surface area (Å²) in [4.78, 5) is 2.51. The molecule has 0 saturated carbocycles. The van der Waals surface area contributed by atoms with Gasteiger partial charge in [0.1, 0.15) is 0 Å². The fourth-order valence-corrected chi connectivity index (χ4v) is 3.35. The van der Waals surface area contributed by atoms with E-state index in [0.717, 1.165) is 25.1 Å². The summed E-state index contributed by atoms with van der Waals surface area (Å²) in [6, 6.07) is 31.9. The first-order chi connectivity index (χ1) is 13.7. The fraction of sp³-hybridized carbons (Fsp3) is 0.259. The molecule has 0 saturated heterocycles. The maximum Gasteiger partial charge on any atom is 0.0726 e. The summed E-state index contributed by atoms with van der Waals surface area (Å²) in [7, 11) is 0. The van der Waals surface area contributed by atoms with Crippen LogP contribution in [0.15, 0.2) is 91.0 Å². The third-order valence-electron chi connectivity index (χ3n) is 4.75. The molecule has 0 aliphatic rings. The molecule has 1 nitrogen and oxygen atoms in total. The first kappa shape index (κ1) is 19.9. The lowest BCUT2D eigenvalue weighted by molar-refractivity contribution is 0.196. The highest BCUT2D eigenvalue weighted by atomic mass is 15.1. The summed E-state index contributed by atoms with van der Waals surface area (Å²) in [5, 5.41) is 0. The van der Waals surface area contributed by atoms with Gasteiger partial charge in [-0.3, -0.25) is 4.90 Å². The topological polar surface area (TPSA) is 3.24 Å². The summed E-state index contributed by atoms with van der Waals surface area (Å²) in [6.07, 6.45) is 1.06. The lowest BCUT2D eigenvalue weighted by atomic mass is 10.0. The second kappa shape index (κ2) is 10.5. The van der Waals surface area contributed by atoms with Gasteiger partial charge in [0.15, 0.2) is 0 Å². The van der Waals surface area contributed by atoms with Crippen LogP contribution in [0.25, 0.3) is 0 Å². The zero-order chi connectivity index (χ0) is 19.6. The number of hydrogen-bond acceptors (Lipinski definition) is 1. The Balaban J connectivity index is 1.89. The van der Waals surface area contributed by atoms with Crippen molar-refractivity contribution < 1.29 is 0 Å². The Hall–Kier alpha value is -2.82. The van der Waals surface area contributed by atoms with Crippen molar-refractivity contribution in [2.45, 2.75) is 39.4 Å². The van der Waals surface area contributed by atoms with E-state index in [4.69, 9.17) is 0 Å². The second-order valence-electron chi connectivity index (χ2n) is 7.66. The van der Waals surface area contributed by atoms with Crippen molar-refractivity contribution >= 4 is 0 Å². The van der Waals surface area contributed by atoms with Gasteiger partial charge in [-0.2, -0.15) is 0 Å². The Morgan fingerprint density at radius 2 is 1.14 bits per heavy atom. The molecule has 0 radical (unpaired) electrons. The molecule has 3 rings (SSSR count). The van der Waals surface area contributed by atoms with Gasteiger partial charge in [-0.05, 0) is 35.6 Å². The normalized spacial score (nSPS) is 11.9. The maximum atomic E-state index is 3.58. The molecule has 0 aromatic heterocycles. The predicted molar refractivity (Wildman–Crippen MR) is 119 cm³/mol. The van der Waals surface area contributed by atoms with Crippen molar-refractivity contribution in [2.75, 3.05) is 0 Å². The van der Waals surface area contributed by atoms with E-state index in [1.807, 2.05) is 18.2 Å². The molecule has 0 amide bonds. The highest BCUT2D eigenvalue weighted by Crippen LogP contribution is 2.18. The van der Waals surface area contributed by atoms with E-state index >= 15 is 0 Å². The van der Waals surface area contributed by atoms with E-state index in [-0.39, 0.29) is 6.04 Å². The van der Waals surface area contributed by atoms with Gasteiger partial charge in [-0.15, -0.1) is 0 Å². The van der Waals surface area contributed by atoms with Gasteiger partial charge in [-0.25, -0.2) is 0 Å². The molecule has 0 aliphatic heterocycles. The van der Waals surface area contributed by atoms with Crippen LogP contribution in [0.4, 0.5) is 0 Å². The fourth-order valence-electron chi connectivity index (χ4n) is 3.35. The smallest absolute Gasteiger partial charge is 0.0726 e. The van der Waals surface area contributed by atoms with Crippen LogP contribution in [0.2, 0.25) is 0 Å². The van der Waals surface area contributed by atoms with Crippen LogP contribution >= 0.6 is 0 Å². The van der Waals surface area contributed by atoms with Crippen LogP contribution in [0.5, 0.6) is 0 Å². The van der Waals surface area contributed by atoms with Gasteiger partial charge in [0.25, 0.3) is 0 Å². The monoisotopic (exact) mass is 367 g/mol. The Bertz CT molecular complexity index is 832. The van der Waals surface area contributed by atoms with E-state index in [0.29, 0.717) is 5.92 Å². The lowest BCUT2D eigenvalue weighted by Crippen LogP contribution is -2.34. The number of benzene rings is 3. The molecule has 0 heterocycles. The molecule has 0 bridgehead atoms. The molecule has 28 heavy (non-hydrogen) atoms. The first-order valence-corrected chi connectivity index (χ1v) is 10.1. The Morgan fingerprint density at radius 1 is 0.679 bits per heavy atom. The van der Waals surface area contributed by atoms with Gasteiger partial charge >= 0.3 is 0 Å². The minimum Gasteiger partial charge on any atom is -0.281 e. The Morgan fingerprint density at radius 3 is 1.61 bits per heavy atom. The molecule has 0 N–H and O–H groups in total. The van der Waals surface area contributed by atoms with Crippen LogP contribution in [0.1, 0.15) is 37.0 Å². The van der Waals surface area contributed by atoms with E-state index in [2.05, 4.69) is 103 Å².